The molecular weight excluding hydrogens is 490 g/mol. The summed E-state index contributed by atoms with van der Waals surface area (Å²) in [6.45, 7) is 11.0. The zero-order valence-electron chi connectivity index (χ0n) is 23.4. The number of pyridine rings is 1. The number of anilines is 1. The Labute approximate surface area is 232 Å². The highest BCUT2D eigenvalue weighted by atomic mass is 16.5. The predicted octanol–water partition coefficient (Wildman–Crippen LogP) is 3.09. The second-order valence-electron chi connectivity index (χ2n) is 12.8. The number of nitrogens with two attached hydrogens (primary N) is 1. The van der Waals surface area contributed by atoms with Gasteiger partial charge in [-0.05, 0) is 73.3 Å². The summed E-state index contributed by atoms with van der Waals surface area (Å²) >= 11 is 0. The zero-order chi connectivity index (χ0) is 27.0. The lowest BCUT2D eigenvalue weighted by atomic mass is 9.48. The molecule has 39 heavy (non-hydrogen) atoms. The molecule has 0 bridgehead atoms. The van der Waals surface area contributed by atoms with Gasteiger partial charge in [0.05, 0.1) is 24.9 Å². The average Bonchev–Trinajstić information content (AvgIpc) is 3.20. The topological polar surface area (TPSA) is 104 Å². The van der Waals surface area contributed by atoms with Gasteiger partial charge in [-0.1, -0.05) is 25.2 Å². The van der Waals surface area contributed by atoms with Crippen molar-refractivity contribution in [3.05, 3.63) is 41.6 Å². The van der Waals surface area contributed by atoms with Crippen molar-refractivity contribution >= 4 is 17.3 Å². The van der Waals surface area contributed by atoms with Crippen molar-refractivity contribution in [2.45, 2.75) is 64.0 Å². The van der Waals surface area contributed by atoms with Gasteiger partial charge in [-0.3, -0.25) is 9.69 Å². The second-order valence-corrected chi connectivity index (χ2v) is 12.8. The van der Waals surface area contributed by atoms with Gasteiger partial charge in [0, 0.05) is 57.1 Å². The molecule has 0 radical (unpaired) electrons. The summed E-state index contributed by atoms with van der Waals surface area (Å²) in [6, 6.07) is 1.97. The number of fused-ring (bicyclic) bond motifs is 1. The first-order valence-electron chi connectivity index (χ1n) is 15.0. The van der Waals surface area contributed by atoms with Crippen molar-refractivity contribution in [3.8, 4) is 0 Å². The van der Waals surface area contributed by atoms with Crippen molar-refractivity contribution in [1.29, 1.82) is 0 Å². The highest BCUT2D eigenvalue weighted by molar-refractivity contribution is 5.99. The number of morpholine rings is 1. The molecule has 0 aromatic carbocycles. The molecule has 8 heteroatoms. The molecular formula is C31H45N5O3. The lowest BCUT2D eigenvalue weighted by Gasteiger charge is -2.56. The number of rotatable bonds is 7. The maximum Gasteiger partial charge on any atom is 0.255 e. The van der Waals surface area contributed by atoms with Crippen LogP contribution in [0.4, 0.5) is 5.82 Å². The Morgan fingerprint density at radius 3 is 2.64 bits per heavy atom. The minimum atomic E-state index is -0.249. The summed E-state index contributed by atoms with van der Waals surface area (Å²) in [5, 5.41) is 12.9. The van der Waals surface area contributed by atoms with E-state index in [1.807, 2.05) is 6.07 Å². The first kappa shape index (κ1) is 26.9. The van der Waals surface area contributed by atoms with E-state index in [-0.39, 0.29) is 29.3 Å². The van der Waals surface area contributed by atoms with Crippen LogP contribution < -0.4 is 11.1 Å². The van der Waals surface area contributed by atoms with Crippen LogP contribution in [0, 0.1) is 16.7 Å². The number of nitrogens with zero attached hydrogens (tertiary/aromatic N) is 3. The lowest BCUT2D eigenvalue weighted by Crippen LogP contribution is -2.51. The Morgan fingerprint density at radius 1 is 1.18 bits per heavy atom. The van der Waals surface area contributed by atoms with Crippen LogP contribution in [0.25, 0.3) is 5.57 Å². The predicted molar refractivity (Wildman–Crippen MR) is 153 cm³/mol. The Balaban J connectivity index is 1.10. The summed E-state index contributed by atoms with van der Waals surface area (Å²) in [5.41, 5.74) is 9.12. The number of aliphatic hydroxyl groups is 1. The number of aliphatic hydroxyl groups excluding tert-OH is 1. The highest BCUT2D eigenvalue weighted by Gasteiger charge is 2.60. The van der Waals surface area contributed by atoms with Crippen LogP contribution in [0.3, 0.4) is 0 Å². The molecule has 6 rings (SSSR count). The minimum absolute atomic E-state index is 0.0768. The normalized spacial score (nSPS) is 35.2. The Hall–Kier alpha value is -2.26. The van der Waals surface area contributed by atoms with Crippen molar-refractivity contribution in [2.24, 2.45) is 16.7 Å². The van der Waals surface area contributed by atoms with Gasteiger partial charge in [-0.25, -0.2) is 4.98 Å². The van der Waals surface area contributed by atoms with E-state index in [1.165, 1.54) is 25.9 Å². The maximum absolute atomic E-state index is 13.1. The van der Waals surface area contributed by atoms with Crippen LogP contribution in [-0.2, 0) is 4.74 Å². The third-order valence-corrected chi connectivity index (χ3v) is 10.6. The van der Waals surface area contributed by atoms with Crippen LogP contribution in [0.15, 0.2) is 30.5 Å². The molecule has 8 nitrogen and oxygen atoms in total. The van der Waals surface area contributed by atoms with E-state index in [4.69, 9.17) is 10.5 Å². The molecule has 2 saturated carbocycles. The van der Waals surface area contributed by atoms with Gasteiger partial charge in [0.1, 0.15) is 5.82 Å². The second kappa shape index (κ2) is 11.0. The number of carbonyl (C=O) groups is 1. The Kier molecular flexibility index (Phi) is 7.57. The molecule has 5 aliphatic rings. The number of amides is 1. The molecule has 3 heterocycles. The fourth-order valence-corrected chi connectivity index (χ4v) is 7.77. The summed E-state index contributed by atoms with van der Waals surface area (Å²) in [7, 11) is 0. The molecule has 2 saturated heterocycles. The first-order chi connectivity index (χ1) is 18.8. The van der Waals surface area contributed by atoms with Crippen LogP contribution in [0.2, 0.25) is 0 Å². The van der Waals surface area contributed by atoms with Crippen LogP contribution in [0.1, 0.15) is 67.8 Å². The van der Waals surface area contributed by atoms with Gasteiger partial charge in [0.15, 0.2) is 0 Å². The monoisotopic (exact) mass is 535 g/mol. The first-order valence-corrected chi connectivity index (χ1v) is 15.0. The third-order valence-electron chi connectivity index (χ3n) is 10.6. The van der Waals surface area contributed by atoms with Gasteiger partial charge in [-0.15, -0.1) is 0 Å². The zero-order valence-corrected chi connectivity index (χ0v) is 23.4. The summed E-state index contributed by atoms with van der Waals surface area (Å²) < 4.78 is 5.52. The maximum atomic E-state index is 13.1. The van der Waals surface area contributed by atoms with Crippen LogP contribution in [0.5, 0.6) is 0 Å². The number of aromatic nitrogens is 1. The number of carbonyl (C=O) groups excluding carboxylic acids is 1. The van der Waals surface area contributed by atoms with Gasteiger partial charge < -0.3 is 25.8 Å². The van der Waals surface area contributed by atoms with Crippen molar-refractivity contribution in [3.63, 3.8) is 0 Å². The fraction of sp³-hybridized carbons (Fsp3) is 0.677. The fourth-order valence-electron chi connectivity index (χ4n) is 7.77. The van der Waals surface area contributed by atoms with E-state index in [0.717, 1.165) is 88.6 Å². The van der Waals surface area contributed by atoms with E-state index in [1.54, 1.807) is 6.20 Å². The number of nitrogen functional groups attached to an aromatic ring is 1. The molecule has 1 amide bonds. The van der Waals surface area contributed by atoms with E-state index < -0.39 is 0 Å². The van der Waals surface area contributed by atoms with Crippen molar-refractivity contribution < 1.29 is 14.6 Å². The number of likely N-dealkylation sites (tertiary alicyclic amines) is 1. The Bertz CT molecular complexity index is 1120. The molecule has 2 aliphatic heterocycles. The number of hydrogen-bond donors (Lipinski definition) is 3. The van der Waals surface area contributed by atoms with E-state index in [0.29, 0.717) is 11.0 Å². The average molecular weight is 536 g/mol. The lowest BCUT2D eigenvalue weighted by molar-refractivity contribution is -0.0265. The number of ether oxygens (including phenoxy) is 1. The summed E-state index contributed by atoms with van der Waals surface area (Å²) in [6.07, 6.45) is 15.3. The van der Waals surface area contributed by atoms with E-state index in [9.17, 15) is 9.90 Å². The van der Waals surface area contributed by atoms with Gasteiger partial charge >= 0.3 is 0 Å². The van der Waals surface area contributed by atoms with Crippen LogP contribution in [-0.4, -0.2) is 90.4 Å². The smallest absolute Gasteiger partial charge is 0.255 e. The van der Waals surface area contributed by atoms with E-state index >= 15 is 0 Å². The summed E-state index contributed by atoms with van der Waals surface area (Å²) in [4.78, 5) is 22.7. The largest absolute Gasteiger partial charge is 0.393 e. The molecule has 3 aliphatic carbocycles. The molecule has 1 aromatic heterocycles. The molecule has 0 spiro atoms. The van der Waals surface area contributed by atoms with Gasteiger partial charge in [-0.2, -0.15) is 0 Å². The minimum Gasteiger partial charge on any atom is -0.393 e. The molecule has 1 aromatic rings. The standard InChI is InChI=1S/C31H45N5O3/c1-30(31-11-8-24(31)20-36(21-31)13-12-35-14-16-39-17-15-35)9-6-22(7-10-30)23-18-27(28(32)33-19-23)29(38)34-25-2-4-26(37)5-3-25/h6-7,9,18-19,24-26,37H,2-5,8,10-17,20-21H2,1H3,(H2,32,33)(H,34,38)/t24-,25-,26-,30?,31-/m1/s1. The molecule has 3 atom stereocenters. The van der Waals surface area contributed by atoms with Crippen molar-refractivity contribution in [1.82, 2.24) is 20.1 Å². The van der Waals surface area contributed by atoms with E-state index in [2.05, 4.69) is 45.3 Å². The SMILES string of the molecule is CC1([C@@]23CC[C@@H]2CN(CCN2CCOCC2)C3)C=CC(c2cnc(N)c(C(=O)N[C@H]3CC[C@H](O)CC3)c2)=CC1. The molecule has 4 fully saturated rings. The molecule has 1 unspecified atom stereocenters. The quantitative estimate of drug-likeness (QED) is 0.493. The molecule has 4 N–H and O–H groups in total. The highest BCUT2D eigenvalue weighted by Crippen LogP contribution is 2.64. The Morgan fingerprint density at radius 2 is 1.95 bits per heavy atom. The number of hydrogen-bond acceptors (Lipinski definition) is 7. The number of allylic oxidation sites excluding steroid dienone is 4. The summed E-state index contributed by atoms with van der Waals surface area (Å²) in [5.74, 6) is 0.866. The van der Waals surface area contributed by atoms with Gasteiger partial charge in [0.25, 0.3) is 5.91 Å². The van der Waals surface area contributed by atoms with Crippen LogP contribution >= 0.6 is 0 Å². The van der Waals surface area contributed by atoms with Gasteiger partial charge in [0.2, 0.25) is 0 Å². The van der Waals surface area contributed by atoms with Crippen molar-refractivity contribution in [2.75, 3.05) is 58.2 Å². The third kappa shape index (κ3) is 5.29. The molecule has 212 valence electrons. The number of nitrogens with one attached hydrogen (secondary N) is 1.